The Morgan fingerprint density at radius 1 is 1.35 bits per heavy atom. The van der Waals surface area contributed by atoms with Gasteiger partial charge in [-0.25, -0.2) is 9.59 Å². The largest absolute Gasteiger partial charge is 0.480 e. The Morgan fingerprint density at radius 3 is 2.65 bits per heavy atom. The van der Waals surface area contributed by atoms with Gasteiger partial charge in [0.2, 0.25) is 5.91 Å². The minimum atomic E-state index is -1.20. The predicted octanol–water partition coefficient (Wildman–Crippen LogP) is -2.35. The summed E-state index contributed by atoms with van der Waals surface area (Å²) in [6.07, 6.45) is -1.24. The zero-order valence-corrected chi connectivity index (χ0v) is 10.3. The number of hydrogen-bond donors (Lipinski definition) is 4. The average Bonchev–Trinajstić information content (AvgIpc) is 2.70. The Hall–Kier alpha value is -2.42. The van der Waals surface area contributed by atoms with Gasteiger partial charge in [-0.1, -0.05) is 0 Å². The first-order valence-electron chi connectivity index (χ1n) is 5.89. The zero-order chi connectivity index (χ0) is 14.9. The molecule has 1 aromatic heterocycles. The van der Waals surface area contributed by atoms with E-state index in [1.54, 1.807) is 0 Å². The normalized spacial score (nSPS) is 21.9. The number of aromatic nitrogens is 2. The summed E-state index contributed by atoms with van der Waals surface area (Å²) in [6, 6.07) is -0.0343. The number of hydrogen-bond acceptors (Lipinski definition) is 5. The lowest BCUT2D eigenvalue weighted by molar-refractivity contribution is -0.148. The SMILES string of the molecule is O=C(O)[C@@H]1CC(O)CN1C(=O)Cc1cc(=O)[nH]c(=O)[nH]1. The maximum Gasteiger partial charge on any atom is 0.326 e. The van der Waals surface area contributed by atoms with Crippen molar-refractivity contribution in [1.29, 1.82) is 0 Å². The maximum absolute atomic E-state index is 12.0. The van der Waals surface area contributed by atoms with Gasteiger partial charge in [0.25, 0.3) is 5.56 Å². The summed E-state index contributed by atoms with van der Waals surface area (Å²) in [5, 5.41) is 18.4. The summed E-state index contributed by atoms with van der Waals surface area (Å²) >= 11 is 0. The number of carbonyl (C=O) groups is 2. The van der Waals surface area contributed by atoms with Gasteiger partial charge in [0.1, 0.15) is 6.04 Å². The molecule has 0 saturated carbocycles. The number of aliphatic hydroxyl groups excluding tert-OH is 1. The van der Waals surface area contributed by atoms with Crippen molar-refractivity contribution < 1.29 is 19.8 Å². The molecule has 9 heteroatoms. The second-order valence-corrected chi connectivity index (χ2v) is 4.58. The lowest BCUT2D eigenvalue weighted by atomic mass is 10.2. The first kappa shape index (κ1) is 14.0. The number of aliphatic carboxylic acids is 1. The van der Waals surface area contributed by atoms with Crippen molar-refractivity contribution in [3.8, 4) is 0 Å². The molecule has 9 nitrogen and oxygen atoms in total. The Morgan fingerprint density at radius 2 is 2.05 bits per heavy atom. The van der Waals surface area contributed by atoms with E-state index in [4.69, 9.17) is 5.11 Å². The molecule has 1 aliphatic rings. The van der Waals surface area contributed by atoms with Crippen LogP contribution in [0.1, 0.15) is 12.1 Å². The minimum Gasteiger partial charge on any atom is -0.480 e. The van der Waals surface area contributed by atoms with Crippen molar-refractivity contribution >= 4 is 11.9 Å². The number of carboxylic acid groups (broad SMARTS) is 1. The number of nitrogens with zero attached hydrogens (tertiary/aromatic N) is 1. The Labute approximate surface area is 111 Å². The van der Waals surface area contributed by atoms with E-state index in [1.807, 2.05) is 4.98 Å². The molecule has 2 heterocycles. The van der Waals surface area contributed by atoms with E-state index in [2.05, 4.69) is 4.98 Å². The molecule has 20 heavy (non-hydrogen) atoms. The van der Waals surface area contributed by atoms with Crippen molar-refractivity contribution in [1.82, 2.24) is 14.9 Å². The maximum atomic E-state index is 12.0. The van der Waals surface area contributed by atoms with E-state index in [0.29, 0.717) is 0 Å². The zero-order valence-electron chi connectivity index (χ0n) is 10.3. The molecule has 2 atom stereocenters. The number of carboxylic acids is 1. The highest BCUT2D eigenvalue weighted by atomic mass is 16.4. The highest BCUT2D eigenvalue weighted by molar-refractivity contribution is 5.85. The number of nitrogens with one attached hydrogen (secondary N) is 2. The van der Waals surface area contributed by atoms with Crippen LogP contribution in [0.5, 0.6) is 0 Å². The van der Waals surface area contributed by atoms with Gasteiger partial charge in [-0.15, -0.1) is 0 Å². The fourth-order valence-corrected chi connectivity index (χ4v) is 2.20. The number of likely N-dealkylation sites (tertiary alicyclic amines) is 1. The van der Waals surface area contributed by atoms with Crippen LogP contribution in [0, 0.1) is 0 Å². The van der Waals surface area contributed by atoms with Gasteiger partial charge in [0, 0.05) is 24.7 Å². The predicted molar refractivity (Wildman–Crippen MR) is 65.1 cm³/mol. The molecule has 2 rings (SSSR count). The lowest BCUT2D eigenvalue weighted by Crippen LogP contribution is -2.41. The summed E-state index contributed by atoms with van der Waals surface area (Å²) in [5.41, 5.74) is -1.29. The van der Waals surface area contributed by atoms with Gasteiger partial charge >= 0.3 is 11.7 Å². The monoisotopic (exact) mass is 283 g/mol. The third-order valence-electron chi connectivity index (χ3n) is 3.04. The molecule has 1 aliphatic heterocycles. The van der Waals surface area contributed by atoms with Crippen molar-refractivity contribution in [2.75, 3.05) is 6.54 Å². The lowest BCUT2D eigenvalue weighted by Gasteiger charge is -2.20. The van der Waals surface area contributed by atoms with Gasteiger partial charge in [-0.05, 0) is 0 Å². The van der Waals surface area contributed by atoms with Crippen molar-refractivity contribution in [2.24, 2.45) is 0 Å². The second-order valence-electron chi connectivity index (χ2n) is 4.58. The van der Waals surface area contributed by atoms with Gasteiger partial charge in [0.05, 0.1) is 12.5 Å². The molecule has 4 N–H and O–H groups in total. The summed E-state index contributed by atoms with van der Waals surface area (Å²) in [7, 11) is 0. The quantitative estimate of drug-likeness (QED) is 0.489. The molecule has 108 valence electrons. The Balaban J connectivity index is 2.17. The van der Waals surface area contributed by atoms with E-state index < -0.39 is 35.3 Å². The molecule has 1 aromatic rings. The molecular formula is C11H13N3O6. The number of amides is 1. The topological polar surface area (TPSA) is 144 Å². The van der Waals surface area contributed by atoms with E-state index in [0.717, 1.165) is 11.0 Å². The molecule has 1 amide bonds. The third-order valence-corrected chi connectivity index (χ3v) is 3.04. The summed E-state index contributed by atoms with van der Waals surface area (Å²) in [6.45, 7) is -0.0801. The summed E-state index contributed by atoms with van der Waals surface area (Å²) in [5.74, 6) is -1.77. The van der Waals surface area contributed by atoms with Crippen molar-refractivity contribution in [2.45, 2.75) is 25.0 Å². The van der Waals surface area contributed by atoms with E-state index >= 15 is 0 Å². The van der Waals surface area contributed by atoms with Gasteiger partial charge in [0.15, 0.2) is 0 Å². The number of aromatic amines is 2. The van der Waals surface area contributed by atoms with E-state index in [9.17, 15) is 24.3 Å². The summed E-state index contributed by atoms with van der Waals surface area (Å²) < 4.78 is 0. The average molecular weight is 283 g/mol. The molecule has 0 bridgehead atoms. The molecular weight excluding hydrogens is 270 g/mol. The number of aliphatic hydroxyl groups is 1. The number of β-amino-alcohol motifs (C(OH)–C–C–N with tert-alkyl or cyclic N) is 1. The van der Waals surface area contributed by atoms with Crippen LogP contribution in [0.4, 0.5) is 0 Å². The molecule has 0 radical (unpaired) electrons. The van der Waals surface area contributed by atoms with Crippen LogP contribution in [0.2, 0.25) is 0 Å². The molecule has 1 unspecified atom stereocenters. The Bertz CT molecular complexity index is 620. The molecule has 1 fully saturated rings. The third kappa shape index (κ3) is 2.94. The molecule has 0 spiro atoms. The first-order valence-corrected chi connectivity index (χ1v) is 5.89. The number of rotatable bonds is 3. The first-order chi connectivity index (χ1) is 9.36. The van der Waals surface area contributed by atoms with Crippen LogP contribution in [0.3, 0.4) is 0 Å². The fraction of sp³-hybridized carbons (Fsp3) is 0.455. The highest BCUT2D eigenvalue weighted by Gasteiger charge is 2.38. The highest BCUT2D eigenvalue weighted by Crippen LogP contribution is 2.19. The standard InChI is InChI=1S/C11H13N3O6/c15-6-3-7(10(18)19)14(4-6)9(17)2-5-1-8(16)13-11(20)12-5/h1,6-7,15H,2-4H2,(H,18,19)(H2,12,13,16,20)/t6?,7-/m0/s1. The van der Waals surface area contributed by atoms with Crippen LogP contribution in [-0.4, -0.2) is 55.6 Å². The minimum absolute atomic E-state index is 0.0348. The Kier molecular flexibility index (Phi) is 3.70. The molecule has 0 aromatic carbocycles. The van der Waals surface area contributed by atoms with Crippen molar-refractivity contribution in [3.63, 3.8) is 0 Å². The number of carbonyl (C=O) groups excluding carboxylic acids is 1. The van der Waals surface area contributed by atoms with Gasteiger partial charge < -0.3 is 20.1 Å². The van der Waals surface area contributed by atoms with Crippen LogP contribution in [-0.2, 0) is 16.0 Å². The number of H-pyrrole nitrogens is 2. The summed E-state index contributed by atoms with van der Waals surface area (Å²) in [4.78, 5) is 50.5. The van der Waals surface area contributed by atoms with Crippen molar-refractivity contribution in [3.05, 3.63) is 32.6 Å². The van der Waals surface area contributed by atoms with Crippen LogP contribution in [0.15, 0.2) is 15.7 Å². The van der Waals surface area contributed by atoms with Crippen LogP contribution >= 0.6 is 0 Å². The molecule has 1 saturated heterocycles. The van der Waals surface area contributed by atoms with Gasteiger partial charge in [-0.2, -0.15) is 0 Å². The smallest absolute Gasteiger partial charge is 0.326 e. The van der Waals surface area contributed by atoms with Crippen LogP contribution < -0.4 is 11.2 Å². The van der Waals surface area contributed by atoms with E-state index in [1.165, 1.54) is 0 Å². The van der Waals surface area contributed by atoms with Crippen LogP contribution in [0.25, 0.3) is 0 Å². The fourth-order valence-electron chi connectivity index (χ4n) is 2.20. The van der Waals surface area contributed by atoms with Gasteiger partial charge in [-0.3, -0.25) is 14.6 Å². The van der Waals surface area contributed by atoms with E-state index in [-0.39, 0.29) is 25.1 Å². The second kappa shape index (κ2) is 5.29. The molecule has 0 aliphatic carbocycles.